The molecule has 2 rings (SSSR count). The van der Waals surface area contributed by atoms with E-state index >= 15 is 0 Å². The van der Waals surface area contributed by atoms with E-state index in [2.05, 4.69) is 31.9 Å². The molecule has 0 atom stereocenters. The minimum absolute atomic E-state index is 0.0206. The molecule has 0 aliphatic rings. The van der Waals surface area contributed by atoms with Gasteiger partial charge in [0.05, 0.1) is 34.3 Å². The maximum atomic E-state index is 12.6. The summed E-state index contributed by atoms with van der Waals surface area (Å²) in [5.74, 6) is 0.630. The molecule has 0 aliphatic carbocycles. The van der Waals surface area contributed by atoms with Gasteiger partial charge >= 0.3 is 10.1 Å². The highest BCUT2D eigenvalue weighted by Crippen LogP contribution is 2.39. The Labute approximate surface area is 162 Å². The van der Waals surface area contributed by atoms with Crippen molar-refractivity contribution in [3.63, 3.8) is 0 Å². The number of hydrogen-bond acceptors (Lipinski definition) is 6. The predicted octanol–water partition coefficient (Wildman–Crippen LogP) is 4.26. The largest absolute Gasteiger partial charge is 0.496 e. The smallest absolute Gasteiger partial charge is 0.339 e. The molecule has 0 spiro atoms. The molecule has 6 nitrogen and oxygen atoms in total. The molecule has 0 aromatic heterocycles. The van der Waals surface area contributed by atoms with E-state index in [0.717, 1.165) is 0 Å². The molecule has 0 saturated heterocycles. The fourth-order valence-electron chi connectivity index (χ4n) is 1.94. The van der Waals surface area contributed by atoms with Crippen LogP contribution in [-0.2, 0) is 10.1 Å². The van der Waals surface area contributed by atoms with E-state index in [4.69, 9.17) is 18.9 Å². The first-order valence-corrected chi connectivity index (χ1v) is 9.96. The number of methoxy groups -OCH3 is 1. The van der Waals surface area contributed by atoms with Gasteiger partial charge in [-0.15, -0.1) is 0 Å². The molecule has 0 N–H and O–H groups in total. The topological polar surface area (TPSA) is 85.6 Å². The van der Waals surface area contributed by atoms with Gasteiger partial charge in [0, 0.05) is 6.07 Å². The number of nitriles is 1. The van der Waals surface area contributed by atoms with E-state index in [1.807, 2.05) is 6.07 Å². The van der Waals surface area contributed by atoms with Crippen LogP contribution in [0.5, 0.6) is 17.2 Å². The third-order valence-corrected chi connectivity index (χ3v) is 5.47. The Balaban J connectivity index is 2.47. The zero-order valence-corrected chi connectivity index (χ0v) is 17.2. The highest BCUT2D eigenvalue weighted by molar-refractivity contribution is 9.11. The van der Waals surface area contributed by atoms with Crippen LogP contribution < -0.4 is 13.7 Å². The van der Waals surface area contributed by atoms with Crippen molar-refractivity contribution in [2.75, 3.05) is 13.7 Å². The summed E-state index contributed by atoms with van der Waals surface area (Å²) in [6.07, 6.45) is 0. The van der Waals surface area contributed by atoms with Gasteiger partial charge in [0.1, 0.15) is 10.6 Å². The van der Waals surface area contributed by atoms with Crippen molar-refractivity contribution < 1.29 is 22.1 Å². The van der Waals surface area contributed by atoms with Crippen molar-refractivity contribution in [1.82, 2.24) is 0 Å². The maximum absolute atomic E-state index is 12.6. The van der Waals surface area contributed by atoms with Crippen LogP contribution in [0.1, 0.15) is 12.5 Å². The lowest BCUT2D eigenvalue weighted by atomic mass is 10.2. The van der Waals surface area contributed by atoms with Crippen molar-refractivity contribution in [2.24, 2.45) is 0 Å². The van der Waals surface area contributed by atoms with Gasteiger partial charge in [0.25, 0.3) is 0 Å². The summed E-state index contributed by atoms with van der Waals surface area (Å²) in [5, 5.41) is 9.03. The van der Waals surface area contributed by atoms with Crippen LogP contribution in [0.2, 0.25) is 0 Å². The lowest BCUT2D eigenvalue weighted by molar-refractivity contribution is 0.327. The minimum atomic E-state index is -4.12. The average Bonchev–Trinajstić information content (AvgIpc) is 2.57. The number of benzene rings is 2. The summed E-state index contributed by atoms with van der Waals surface area (Å²) < 4.78 is 41.7. The molecule has 2 aromatic carbocycles. The lowest BCUT2D eigenvalue weighted by Gasteiger charge is -2.14. The molecule has 9 heteroatoms. The fourth-order valence-corrected chi connectivity index (χ4v) is 4.24. The maximum Gasteiger partial charge on any atom is 0.339 e. The number of nitrogens with zero attached hydrogens (tertiary/aromatic N) is 1. The van der Waals surface area contributed by atoms with E-state index in [-0.39, 0.29) is 23.0 Å². The average molecular weight is 491 g/mol. The van der Waals surface area contributed by atoms with Gasteiger partial charge in [-0.3, -0.25) is 0 Å². The highest BCUT2D eigenvalue weighted by Gasteiger charge is 2.23. The molecule has 0 radical (unpaired) electrons. The van der Waals surface area contributed by atoms with E-state index in [1.54, 1.807) is 6.92 Å². The molecule has 25 heavy (non-hydrogen) atoms. The predicted molar refractivity (Wildman–Crippen MR) is 98.5 cm³/mol. The Morgan fingerprint density at radius 3 is 2.40 bits per heavy atom. The van der Waals surface area contributed by atoms with Gasteiger partial charge in [-0.05, 0) is 63.0 Å². The Hall–Kier alpha value is -1.76. The second kappa shape index (κ2) is 8.08. The van der Waals surface area contributed by atoms with Crippen LogP contribution in [0.15, 0.2) is 44.2 Å². The summed E-state index contributed by atoms with van der Waals surface area (Å²) in [7, 11) is -2.64. The normalized spacial score (nSPS) is 10.8. The molecular weight excluding hydrogens is 478 g/mol. The monoisotopic (exact) mass is 489 g/mol. The van der Waals surface area contributed by atoms with Crippen molar-refractivity contribution in [3.8, 4) is 23.3 Å². The molecule has 0 unspecified atom stereocenters. The number of hydrogen-bond donors (Lipinski definition) is 0. The van der Waals surface area contributed by atoms with Crippen LogP contribution in [0.4, 0.5) is 0 Å². The number of ether oxygens (including phenoxy) is 2. The third kappa shape index (κ3) is 4.45. The molecule has 0 heterocycles. The van der Waals surface area contributed by atoms with Gasteiger partial charge in [-0.1, -0.05) is 0 Å². The third-order valence-electron chi connectivity index (χ3n) is 3.04. The number of halogens is 2. The van der Waals surface area contributed by atoms with Gasteiger partial charge in [-0.25, -0.2) is 0 Å². The Morgan fingerprint density at radius 2 is 1.84 bits per heavy atom. The Bertz CT molecular complexity index is 938. The fraction of sp³-hybridized carbons (Fsp3) is 0.188. The first-order valence-electron chi connectivity index (χ1n) is 6.96. The summed E-state index contributed by atoms with van der Waals surface area (Å²) in [6.45, 7) is 2.03. The van der Waals surface area contributed by atoms with Crippen LogP contribution in [0.3, 0.4) is 0 Å². The highest BCUT2D eigenvalue weighted by atomic mass is 79.9. The molecule has 2 aromatic rings. The van der Waals surface area contributed by atoms with Crippen molar-refractivity contribution >= 4 is 42.0 Å². The summed E-state index contributed by atoms with van der Waals surface area (Å²) >= 11 is 6.46. The molecule has 0 saturated carbocycles. The van der Waals surface area contributed by atoms with Crippen molar-refractivity contribution in [3.05, 3.63) is 44.8 Å². The van der Waals surface area contributed by atoms with Crippen LogP contribution in [0, 0.1) is 11.3 Å². The summed E-state index contributed by atoms with van der Waals surface area (Å²) in [4.78, 5) is -0.0566. The van der Waals surface area contributed by atoms with Gasteiger partial charge in [-0.2, -0.15) is 13.7 Å². The lowest BCUT2D eigenvalue weighted by Crippen LogP contribution is -2.11. The van der Waals surface area contributed by atoms with Crippen LogP contribution in [0.25, 0.3) is 0 Å². The minimum Gasteiger partial charge on any atom is -0.496 e. The molecule has 0 bridgehead atoms. The Morgan fingerprint density at radius 1 is 1.12 bits per heavy atom. The van der Waals surface area contributed by atoms with Crippen molar-refractivity contribution in [1.29, 1.82) is 5.26 Å². The SMILES string of the molecule is CCOc1cc(C#N)cc(Br)c1OS(=O)(=O)c1ccc(OC)c(Br)c1. The zero-order chi connectivity index (χ0) is 18.6. The van der Waals surface area contributed by atoms with Gasteiger partial charge in [0.2, 0.25) is 0 Å². The summed E-state index contributed by atoms with van der Waals surface area (Å²) in [6, 6.07) is 9.11. The standard InChI is InChI=1S/C16H13Br2NO5S/c1-3-23-15-7-10(9-19)6-13(18)16(15)24-25(20,21)11-4-5-14(22-2)12(17)8-11/h4-8H,3H2,1-2H3. The van der Waals surface area contributed by atoms with Gasteiger partial charge < -0.3 is 13.7 Å². The van der Waals surface area contributed by atoms with Crippen LogP contribution in [-0.4, -0.2) is 22.1 Å². The summed E-state index contributed by atoms with van der Waals surface area (Å²) in [5.41, 5.74) is 0.312. The first kappa shape index (κ1) is 19.6. The van der Waals surface area contributed by atoms with E-state index < -0.39 is 10.1 Å². The van der Waals surface area contributed by atoms with Crippen molar-refractivity contribution in [2.45, 2.75) is 11.8 Å². The molecule has 0 aliphatic heterocycles. The van der Waals surface area contributed by atoms with E-state index in [1.165, 1.54) is 37.4 Å². The second-order valence-electron chi connectivity index (χ2n) is 4.66. The van der Waals surface area contributed by atoms with E-state index in [0.29, 0.717) is 20.3 Å². The Kier molecular flexibility index (Phi) is 6.32. The van der Waals surface area contributed by atoms with Crippen LogP contribution >= 0.6 is 31.9 Å². The first-order chi connectivity index (χ1) is 11.8. The van der Waals surface area contributed by atoms with E-state index in [9.17, 15) is 8.42 Å². The second-order valence-corrected chi connectivity index (χ2v) is 7.92. The molecule has 0 amide bonds. The molecule has 132 valence electrons. The number of rotatable bonds is 6. The zero-order valence-electron chi connectivity index (χ0n) is 13.2. The molecule has 0 fully saturated rings. The molecular formula is C16H13Br2NO5S. The quantitative estimate of drug-likeness (QED) is 0.562. The van der Waals surface area contributed by atoms with Gasteiger partial charge in [0.15, 0.2) is 11.5 Å².